The Morgan fingerprint density at radius 3 is 2.26 bits per heavy atom. The van der Waals surface area contributed by atoms with Crippen LogP contribution in [0, 0.1) is 5.92 Å². The molecular formula is C14H25NO4. The predicted octanol–water partition coefficient (Wildman–Crippen LogP) is 1.59. The van der Waals surface area contributed by atoms with E-state index < -0.39 is 17.4 Å². The van der Waals surface area contributed by atoms with Gasteiger partial charge in [-0.1, -0.05) is 0 Å². The van der Waals surface area contributed by atoms with Gasteiger partial charge in [0.05, 0.1) is 13.2 Å². The highest BCUT2D eigenvalue weighted by Gasteiger charge is 2.43. The molecule has 0 aromatic rings. The Bertz CT molecular complexity index is 321. The van der Waals surface area contributed by atoms with Crippen LogP contribution in [0.3, 0.4) is 0 Å². The maximum atomic E-state index is 12.0. The monoisotopic (exact) mass is 271 g/mol. The average Bonchev–Trinajstić information content (AvgIpc) is 2.75. The number of nitrogens with two attached hydrogens (primary N) is 1. The second kappa shape index (κ2) is 5.38. The topological polar surface area (TPSA) is 70.8 Å². The fourth-order valence-corrected chi connectivity index (χ4v) is 2.79. The van der Waals surface area contributed by atoms with E-state index in [4.69, 9.17) is 19.9 Å². The molecule has 1 spiro atoms. The van der Waals surface area contributed by atoms with Crippen LogP contribution in [0.2, 0.25) is 0 Å². The van der Waals surface area contributed by atoms with E-state index in [9.17, 15) is 4.79 Å². The van der Waals surface area contributed by atoms with Gasteiger partial charge in [0.1, 0.15) is 11.6 Å². The lowest BCUT2D eigenvalue weighted by Gasteiger charge is -2.37. The zero-order chi connectivity index (χ0) is 14.1. The zero-order valence-electron chi connectivity index (χ0n) is 12.1. The molecule has 2 N–H and O–H groups in total. The van der Waals surface area contributed by atoms with Crippen molar-refractivity contribution in [3.05, 3.63) is 0 Å². The van der Waals surface area contributed by atoms with Gasteiger partial charge in [-0.25, -0.2) is 0 Å². The van der Waals surface area contributed by atoms with E-state index in [1.807, 2.05) is 20.8 Å². The van der Waals surface area contributed by atoms with Crippen LogP contribution in [0.1, 0.15) is 46.5 Å². The maximum absolute atomic E-state index is 12.0. The minimum absolute atomic E-state index is 0.160. The third-order valence-corrected chi connectivity index (χ3v) is 3.79. The average molecular weight is 271 g/mol. The summed E-state index contributed by atoms with van der Waals surface area (Å²) < 4.78 is 16.7. The second-order valence-electron chi connectivity index (χ2n) is 6.50. The molecule has 2 fully saturated rings. The van der Waals surface area contributed by atoms with Crippen molar-refractivity contribution in [2.45, 2.75) is 63.9 Å². The molecule has 1 unspecified atom stereocenters. The molecule has 110 valence electrons. The number of hydrogen-bond acceptors (Lipinski definition) is 5. The first-order valence-electron chi connectivity index (χ1n) is 7.08. The Kier molecular flexibility index (Phi) is 4.18. The summed E-state index contributed by atoms with van der Waals surface area (Å²) in [6.07, 6.45) is 3.32. The van der Waals surface area contributed by atoms with E-state index >= 15 is 0 Å². The molecule has 2 rings (SSSR count). The minimum Gasteiger partial charge on any atom is -0.459 e. The second-order valence-corrected chi connectivity index (χ2v) is 6.50. The van der Waals surface area contributed by atoms with Crippen molar-refractivity contribution >= 4 is 5.97 Å². The number of ether oxygens (including phenoxy) is 3. The molecule has 1 saturated heterocycles. The minimum atomic E-state index is -0.544. The number of rotatable bonds is 2. The molecular weight excluding hydrogens is 246 g/mol. The highest BCUT2D eigenvalue weighted by molar-refractivity contribution is 5.76. The molecule has 1 atom stereocenters. The van der Waals surface area contributed by atoms with Crippen LogP contribution in [-0.2, 0) is 19.0 Å². The van der Waals surface area contributed by atoms with Gasteiger partial charge in [0.15, 0.2) is 5.79 Å². The smallest absolute Gasteiger partial charge is 0.323 e. The van der Waals surface area contributed by atoms with Crippen molar-refractivity contribution in [3.63, 3.8) is 0 Å². The van der Waals surface area contributed by atoms with E-state index in [1.165, 1.54) is 0 Å². The Morgan fingerprint density at radius 2 is 1.79 bits per heavy atom. The molecule has 0 bridgehead atoms. The Hall–Kier alpha value is -0.650. The van der Waals surface area contributed by atoms with Gasteiger partial charge in [0.2, 0.25) is 0 Å². The van der Waals surface area contributed by atoms with E-state index in [1.54, 1.807) is 0 Å². The van der Waals surface area contributed by atoms with E-state index in [-0.39, 0.29) is 11.9 Å². The Balaban J connectivity index is 1.85. The van der Waals surface area contributed by atoms with Gasteiger partial charge in [-0.15, -0.1) is 0 Å². The van der Waals surface area contributed by atoms with Gasteiger partial charge in [0, 0.05) is 12.8 Å². The van der Waals surface area contributed by atoms with Crippen LogP contribution < -0.4 is 5.73 Å². The summed E-state index contributed by atoms with van der Waals surface area (Å²) in [6, 6.07) is -0.544. The maximum Gasteiger partial charge on any atom is 0.323 e. The Labute approximate surface area is 114 Å². The molecule has 5 nitrogen and oxygen atoms in total. The van der Waals surface area contributed by atoms with Crippen molar-refractivity contribution in [1.29, 1.82) is 0 Å². The normalized spacial score (nSPS) is 25.5. The number of hydrogen-bond donors (Lipinski definition) is 1. The first kappa shape index (κ1) is 14.8. The SMILES string of the molecule is CC(C)(C)OC(=O)C(N)C1CCC2(CC1)OCCO2. The first-order chi connectivity index (χ1) is 8.81. The third-order valence-electron chi connectivity index (χ3n) is 3.79. The summed E-state index contributed by atoms with van der Waals surface area (Å²) in [5, 5.41) is 0. The summed E-state index contributed by atoms with van der Waals surface area (Å²) in [6.45, 7) is 6.90. The molecule has 0 amide bonds. The highest BCUT2D eigenvalue weighted by Crippen LogP contribution is 2.39. The van der Waals surface area contributed by atoms with E-state index in [0.717, 1.165) is 25.7 Å². The van der Waals surface area contributed by atoms with Gasteiger partial charge < -0.3 is 19.9 Å². The molecule has 1 heterocycles. The number of esters is 1. The molecule has 5 heteroatoms. The highest BCUT2D eigenvalue weighted by atomic mass is 16.7. The van der Waals surface area contributed by atoms with Crippen molar-refractivity contribution in [2.24, 2.45) is 11.7 Å². The van der Waals surface area contributed by atoms with Crippen LogP contribution in [0.5, 0.6) is 0 Å². The van der Waals surface area contributed by atoms with Crippen molar-refractivity contribution < 1.29 is 19.0 Å². The van der Waals surface area contributed by atoms with Gasteiger partial charge in [-0.05, 0) is 39.5 Å². The summed E-state index contributed by atoms with van der Waals surface area (Å²) in [5.74, 6) is -0.542. The number of carbonyl (C=O) groups excluding carboxylic acids is 1. The van der Waals surface area contributed by atoms with Gasteiger partial charge in [0.25, 0.3) is 0 Å². The summed E-state index contributed by atoms with van der Waals surface area (Å²) in [4.78, 5) is 12.0. The van der Waals surface area contributed by atoms with Gasteiger partial charge >= 0.3 is 5.97 Å². The van der Waals surface area contributed by atoms with Gasteiger partial charge in [-0.2, -0.15) is 0 Å². The fraction of sp³-hybridized carbons (Fsp3) is 0.929. The van der Waals surface area contributed by atoms with Crippen LogP contribution in [0.4, 0.5) is 0 Å². The zero-order valence-corrected chi connectivity index (χ0v) is 12.1. The lowest BCUT2D eigenvalue weighted by Crippen LogP contribution is -2.46. The van der Waals surface area contributed by atoms with Crippen molar-refractivity contribution in [2.75, 3.05) is 13.2 Å². The summed E-state index contributed by atoms with van der Waals surface area (Å²) in [7, 11) is 0. The number of carbonyl (C=O) groups is 1. The standard InChI is InChI=1S/C14H25NO4/c1-13(2,3)19-12(16)11(15)10-4-6-14(7-5-10)17-8-9-18-14/h10-11H,4-9,15H2,1-3H3. The quantitative estimate of drug-likeness (QED) is 0.772. The predicted molar refractivity (Wildman–Crippen MR) is 70.4 cm³/mol. The molecule has 0 radical (unpaired) electrons. The molecule has 1 aliphatic carbocycles. The van der Waals surface area contributed by atoms with Crippen molar-refractivity contribution in [3.8, 4) is 0 Å². The summed E-state index contributed by atoms with van der Waals surface area (Å²) in [5.41, 5.74) is 5.55. The molecule has 19 heavy (non-hydrogen) atoms. The van der Waals surface area contributed by atoms with Gasteiger partial charge in [-0.3, -0.25) is 4.79 Å². The Morgan fingerprint density at radius 1 is 1.26 bits per heavy atom. The van der Waals surface area contributed by atoms with Crippen LogP contribution in [0.25, 0.3) is 0 Å². The molecule has 1 saturated carbocycles. The molecule has 0 aromatic carbocycles. The molecule has 2 aliphatic rings. The van der Waals surface area contributed by atoms with Crippen LogP contribution in [-0.4, -0.2) is 36.6 Å². The third kappa shape index (κ3) is 3.68. The first-order valence-corrected chi connectivity index (χ1v) is 7.08. The van der Waals surface area contributed by atoms with Crippen molar-refractivity contribution in [1.82, 2.24) is 0 Å². The lowest BCUT2D eigenvalue weighted by atomic mass is 9.81. The summed E-state index contributed by atoms with van der Waals surface area (Å²) >= 11 is 0. The molecule has 1 aliphatic heterocycles. The lowest BCUT2D eigenvalue weighted by molar-refractivity contribution is -0.186. The van der Waals surface area contributed by atoms with Crippen LogP contribution in [0.15, 0.2) is 0 Å². The van der Waals surface area contributed by atoms with Crippen LogP contribution >= 0.6 is 0 Å². The largest absolute Gasteiger partial charge is 0.459 e. The fourth-order valence-electron chi connectivity index (χ4n) is 2.79. The van der Waals surface area contributed by atoms with E-state index in [0.29, 0.717) is 13.2 Å². The molecule has 0 aromatic heterocycles. The van der Waals surface area contributed by atoms with E-state index in [2.05, 4.69) is 0 Å².